The number of nitrogens with zero attached hydrogens (tertiary/aromatic N) is 1. The summed E-state index contributed by atoms with van der Waals surface area (Å²) in [6, 6.07) is 4.53. The van der Waals surface area contributed by atoms with Crippen molar-refractivity contribution < 1.29 is 18.6 Å². The van der Waals surface area contributed by atoms with Crippen LogP contribution in [-0.2, 0) is 16.1 Å². The molecule has 0 heterocycles. The Hall–Kier alpha value is -2.17. The number of hydrogen-bond acceptors (Lipinski definition) is 4. The number of nitro benzene ring substituents is 1. The molecular weight excluding hydrogens is 198 g/mol. The number of carbonyl (C=O) groups excluding carboxylic acids is 1. The van der Waals surface area contributed by atoms with Crippen LogP contribution >= 0.6 is 0 Å². The minimum atomic E-state index is -1.08. The molecular formula is C10H9NO4. The summed E-state index contributed by atoms with van der Waals surface area (Å²) in [4.78, 5) is 21.0. The number of ether oxygens (including phenoxy) is 1. The number of hydrogen-bond donors (Lipinski definition) is 0. The predicted molar refractivity (Wildman–Crippen MR) is 53.1 cm³/mol. The zero-order chi connectivity index (χ0) is 13.7. The van der Waals surface area contributed by atoms with Gasteiger partial charge in [-0.2, -0.15) is 0 Å². The molecule has 0 saturated carbocycles. The van der Waals surface area contributed by atoms with E-state index in [0.29, 0.717) is 5.56 Å². The summed E-state index contributed by atoms with van der Waals surface area (Å²) < 4.78 is 25.2. The quantitative estimate of drug-likeness (QED) is 0.329. The Labute approximate surface area is 90.3 Å². The Bertz CT molecular complexity index is 494. The minimum absolute atomic E-state index is 0.0780. The molecule has 0 amide bonds. The van der Waals surface area contributed by atoms with Crippen molar-refractivity contribution in [2.75, 3.05) is 0 Å². The van der Waals surface area contributed by atoms with E-state index in [0.717, 1.165) is 0 Å². The van der Waals surface area contributed by atoms with Gasteiger partial charge >= 0.3 is 5.97 Å². The van der Waals surface area contributed by atoms with Gasteiger partial charge in [0, 0.05) is 18.2 Å². The van der Waals surface area contributed by atoms with Crippen LogP contribution in [0.1, 0.15) is 9.68 Å². The van der Waals surface area contributed by atoms with Gasteiger partial charge < -0.3 is 4.74 Å². The van der Waals surface area contributed by atoms with E-state index in [9.17, 15) is 14.9 Å². The second-order valence-corrected chi connectivity index (χ2v) is 2.62. The molecule has 1 aromatic carbocycles. The number of benzene rings is 1. The Morgan fingerprint density at radius 2 is 2.33 bits per heavy atom. The Balaban J connectivity index is 2.62. The molecule has 5 nitrogen and oxygen atoms in total. The zero-order valence-corrected chi connectivity index (χ0v) is 7.60. The molecule has 0 unspecified atom stereocenters. The van der Waals surface area contributed by atoms with Gasteiger partial charge in [0.15, 0.2) is 0 Å². The largest absolute Gasteiger partial charge is 0.458 e. The average molecular weight is 210 g/mol. The third kappa shape index (κ3) is 3.22. The fraction of sp³-hybridized carbons (Fsp3) is 0.100. The van der Waals surface area contributed by atoms with Crippen molar-refractivity contribution in [3.05, 3.63) is 52.5 Å². The topological polar surface area (TPSA) is 69.4 Å². The predicted octanol–water partition coefficient (Wildman–Crippen LogP) is 1.82. The molecule has 0 atom stereocenters. The van der Waals surface area contributed by atoms with Crippen molar-refractivity contribution in [2.24, 2.45) is 0 Å². The molecule has 0 saturated heterocycles. The summed E-state index contributed by atoms with van der Waals surface area (Å²) in [7, 11) is 0. The van der Waals surface area contributed by atoms with E-state index in [1.54, 1.807) is 0 Å². The highest BCUT2D eigenvalue weighted by molar-refractivity contribution is 5.81. The SMILES string of the molecule is [2H]C([2H])=C([2H])C(=O)OCc1ccc([N+](=O)[O-])cc1. The first-order chi connectivity index (χ1) is 8.41. The standard InChI is InChI=1S/C10H9NO4/c1-2-10(12)15-7-8-3-5-9(6-4-8)11(13)14/h2-6H,1,7H2/i1D2,2D. The zero-order valence-electron chi connectivity index (χ0n) is 10.6. The maximum atomic E-state index is 11.1. The first-order valence-electron chi connectivity index (χ1n) is 5.46. The summed E-state index contributed by atoms with van der Waals surface area (Å²) in [6.45, 7) is -1.10. The molecule has 0 radical (unpaired) electrons. The van der Waals surface area contributed by atoms with E-state index in [2.05, 4.69) is 4.74 Å². The van der Waals surface area contributed by atoms with Crippen LogP contribution in [0.3, 0.4) is 0 Å². The highest BCUT2D eigenvalue weighted by Gasteiger charge is 2.04. The lowest BCUT2D eigenvalue weighted by molar-refractivity contribution is -0.384. The molecule has 5 heteroatoms. The van der Waals surface area contributed by atoms with E-state index >= 15 is 0 Å². The third-order valence-electron chi connectivity index (χ3n) is 1.62. The second-order valence-electron chi connectivity index (χ2n) is 2.62. The number of rotatable bonds is 4. The lowest BCUT2D eigenvalue weighted by atomic mass is 10.2. The van der Waals surface area contributed by atoms with Gasteiger partial charge in [-0.1, -0.05) is 6.53 Å². The molecule has 0 aromatic heterocycles. The Kier molecular flexibility index (Phi) is 2.34. The Morgan fingerprint density at radius 3 is 2.87 bits per heavy atom. The van der Waals surface area contributed by atoms with Crippen LogP contribution in [0, 0.1) is 10.1 Å². The van der Waals surface area contributed by atoms with Gasteiger partial charge in [-0.25, -0.2) is 4.79 Å². The molecule has 15 heavy (non-hydrogen) atoms. The number of esters is 1. The van der Waals surface area contributed by atoms with Crippen LogP contribution in [0.5, 0.6) is 0 Å². The fourth-order valence-electron chi connectivity index (χ4n) is 0.899. The smallest absolute Gasteiger partial charge is 0.330 e. The summed E-state index contributed by atoms with van der Waals surface area (Å²) in [6.07, 6.45) is 0. The summed E-state index contributed by atoms with van der Waals surface area (Å²) in [5.74, 6) is -1.08. The van der Waals surface area contributed by atoms with E-state index in [-0.39, 0.29) is 12.3 Å². The molecule has 1 rings (SSSR count). The molecule has 0 fully saturated rings. The fourth-order valence-corrected chi connectivity index (χ4v) is 0.899. The van der Waals surface area contributed by atoms with Crippen LogP contribution < -0.4 is 0 Å². The highest BCUT2D eigenvalue weighted by Crippen LogP contribution is 2.12. The molecule has 0 aliphatic rings. The lowest BCUT2D eigenvalue weighted by Crippen LogP contribution is -2.00. The van der Waals surface area contributed by atoms with Crippen molar-refractivity contribution >= 4 is 11.7 Å². The second kappa shape index (κ2) is 4.90. The monoisotopic (exact) mass is 210 g/mol. The van der Waals surface area contributed by atoms with Crippen molar-refractivity contribution in [3.8, 4) is 0 Å². The van der Waals surface area contributed by atoms with E-state index < -0.39 is 23.5 Å². The minimum Gasteiger partial charge on any atom is -0.458 e. The van der Waals surface area contributed by atoms with Gasteiger partial charge in [0.05, 0.1) is 9.04 Å². The van der Waals surface area contributed by atoms with Gasteiger partial charge in [0.25, 0.3) is 5.69 Å². The van der Waals surface area contributed by atoms with Gasteiger partial charge in [0.2, 0.25) is 0 Å². The van der Waals surface area contributed by atoms with Crippen LogP contribution in [-0.4, -0.2) is 10.9 Å². The van der Waals surface area contributed by atoms with Crippen LogP contribution in [0.15, 0.2) is 36.8 Å². The number of nitro groups is 1. The summed E-state index contributed by atoms with van der Waals surface area (Å²) in [5, 5.41) is 10.4. The van der Waals surface area contributed by atoms with Crippen molar-refractivity contribution in [1.82, 2.24) is 0 Å². The maximum absolute atomic E-state index is 11.1. The molecule has 0 bridgehead atoms. The van der Waals surface area contributed by atoms with Crippen molar-refractivity contribution in [3.63, 3.8) is 0 Å². The van der Waals surface area contributed by atoms with Crippen LogP contribution in [0.2, 0.25) is 0 Å². The van der Waals surface area contributed by atoms with Crippen molar-refractivity contribution in [1.29, 1.82) is 0 Å². The van der Waals surface area contributed by atoms with Crippen molar-refractivity contribution in [2.45, 2.75) is 6.61 Å². The third-order valence-corrected chi connectivity index (χ3v) is 1.62. The number of carbonyl (C=O) groups is 1. The molecule has 0 spiro atoms. The highest BCUT2D eigenvalue weighted by atomic mass is 16.6. The summed E-state index contributed by atoms with van der Waals surface area (Å²) in [5.41, 5.74) is 0.434. The van der Waals surface area contributed by atoms with Gasteiger partial charge in [0.1, 0.15) is 6.61 Å². The molecule has 0 aliphatic heterocycles. The number of non-ortho nitro benzene ring substituents is 1. The van der Waals surface area contributed by atoms with Crippen LogP contribution in [0.4, 0.5) is 5.69 Å². The average Bonchev–Trinajstić information content (AvgIpc) is 2.35. The molecule has 1 aromatic rings. The molecule has 0 aliphatic carbocycles. The maximum Gasteiger partial charge on any atom is 0.330 e. The lowest BCUT2D eigenvalue weighted by Gasteiger charge is -2.01. The molecule has 0 N–H and O–H groups in total. The normalized spacial score (nSPS) is 11.9. The van der Waals surface area contributed by atoms with Gasteiger partial charge in [-0.05, 0) is 17.7 Å². The Morgan fingerprint density at radius 1 is 1.67 bits per heavy atom. The first-order valence-corrected chi connectivity index (χ1v) is 3.96. The molecule has 78 valence electrons. The van der Waals surface area contributed by atoms with Gasteiger partial charge in [-0.3, -0.25) is 10.1 Å². The van der Waals surface area contributed by atoms with E-state index in [1.807, 2.05) is 0 Å². The van der Waals surface area contributed by atoms with Crippen LogP contribution in [0.25, 0.3) is 0 Å². The first kappa shape index (κ1) is 7.17. The van der Waals surface area contributed by atoms with Gasteiger partial charge in [-0.15, -0.1) is 0 Å². The van der Waals surface area contributed by atoms with E-state index in [1.165, 1.54) is 24.3 Å². The van der Waals surface area contributed by atoms with E-state index in [4.69, 9.17) is 4.11 Å². The summed E-state index contributed by atoms with van der Waals surface area (Å²) >= 11 is 0.